The van der Waals surface area contributed by atoms with Gasteiger partial charge in [0.05, 0.1) is 4.90 Å². The monoisotopic (exact) mass is 552 g/mol. The molecule has 9 nitrogen and oxygen atoms in total. The van der Waals surface area contributed by atoms with Gasteiger partial charge in [-0.1, -0.05) is 61.5 Å². The van der Waals surface area contributed by atoms with E-state index in [0.29, 0.717) is 35.4 Å². The van der Waals surface area contributed by atoms with Gasteiger partial charge >= 0.3 is 0 Å². The second-order valence-electron chi connectivity index (χ2n) is 10.5. The Labute approximate surface area is 230 Å². The molecule has 1 aromatic heterocycles. The van der Waals surface area contributed by atoms with Gasteiger partial charge in [-0.3, -0.25) is 14.3 Å². The molecule has 3 aromatic rings. The number of anilines is 1. The standard InChI is InChI=1S/C29H36N4O5S/c1-18(2)16-25(28(34)30-5)33(29(35)23-14-15-23)17-21-10-12-22(13-11-21)24-8-6-7-9-26(24)39(36,37)32-27-19(3)20(4)38-31-27/h6-13,18,23,25H,14-17H2,1-5H3,(H,30,34)(H,31,32)/t25-/m0/s1. The number of hydrogen-bond donors (Lipinski definition) is 2. The Morgan fingerprint density at radius 3 is 2.31 bits per heavy atom. The molecule has 1 aliphatic carbocycles. The van der Waals surface area contributed by atoms with Crippen molar-refractivity contribution in [3.8, 4) is 11.1 Å². The lowest BCUT2D eigenvalue weighted by molar-refractivity contribution is -0.142. The van der Waals surface area contributed by atoms with Gasteiger partial charge in [-0.25, -0.2) is 8.42 Å². The van der Waals surface area contributed by atoms with E-state index in [1.807, 2.05) is 38.1 Å². The van der Waals surface area contributed by atoms with E-state index in [4.69, 9.17) is 4.52 Å². The SMILES string of the molecule is CNC(=O)[C@H](CC(C)C)N(Cc1ccc(-c2ccccc2S(=O)(=O)Nc2noc(C)c2C)cc1)C(=O)C1CC1. The topological polar surface area (TPSA) is 122 Å². The molecule has 0 bridgehead atoms. The number of likely N-dealkylation sites (N-methyl/N-ethyl adjacent to an activating group) is 1. The fourth-order valence-corrected chi connectivity index (χ4v) is 5.80. The molecule has 0 aliphatic heterocycles. The van der Waals surface area contributed by atoms with E-state index in [2.05, 4.69) is 15.2 Å². The Balaban J connectivity index is 1.61. The van der Waals surface area contributed by atoms with Gasteiger partial charge in [-0.15, -0.1) is 0 Å². The summed E-state index contributed by atoms with van der Waals surface area (Å²) in [6.07, 6.45) is 2.27. The normalized spacial score (nSPS) is 14.2. The van der Waals surface area contributed by atoms with Gasteiger partial charge in [-0.05, 0) is 56.2 Å². The van der Waals surface area contributed by atoms with Crippen molar-refractivity contribution in [1.29, 1.82) is 0 Å². The summed E-state index contributed by atoms with van der Waals surface area (Å²) >= 11 is 0. The molecule has 1 atom stereocenters. The Morgan fingerprint density at radius 2 is 1.74 bits per heavy atom. The van der Waals surface area contributed by atoms with Gasteiger partial charge in [0.2, 0.25) is 11.8 Å². The summed E-state index contributed by atoms with van der Waals surface area (Å²) in [5.74, 6) is 0.752. The van der Waals surface area contributed by atoms with Crippen molar-refractivity contribution in [3.05, 3.63) is 65.4 Å². The number of nitrogens with zero attached hydrogens (tertiary/aromatic N) is 2. The molecule has 1 saturated carbocycles. The molecule has 0 radical (unpaired) electrons. The first-order valence-corrected chi connectivity index (χ1v) is 14.7. The van der Waals surface area contributed by atoms with Gasteiger partial charge in [0.25, 0.3) is 10.0 Å². The quantitative estimate of drug-likeness (QED) is 0.357. The molecule has 10 heteroatoms. The predicted octanol–water partition coefficient (Wildman–Crippen LogP) is 4.66. The summed E-state index contributed by atoms with van der Waals surface area (Å²) in [6, 6.07) is 13.6. The fraction of sp³-hybridized carbons (Fsp3) is 0.414. The third-order valence-electron chi connectivity index (χ3n) is 7.01. The van der Waals surface area contributed by atoms with E-state index in [0.717, 1.165) is 18.4 Å². The van der Waals surface area contributed by atoms with Crippen LogP contribution >= 0.6 is 0 Å². The predicted molar refractivity (Wildman–Crippen MR) is 149 cm³/mol. The first-order valence-electron chi connectivity index (χ1n) is 13.2. The van der Waals surface area contributed by atoms with Crippen LogP contribution in [0, 0.1) is 25.7 Å². The zero-order chi connectivity index (χ0) is 28.3. The number of aromatic nitrogens is 1. The van der Waals surface area contributed by atoms with Gasteiger partial charge in [0, 0.05) is 30.6 Å². The summed E-state index contributed by atoms with van der Waals surface area (Å²) in [5.41, 5.74) is 2.72. The molecule has 4 rings (SSSR count). The molecule has 0 saturated heterocycles. The van der Waals surface area contributed by atoms with E-state index < -0.39 is 16.1 Å². The summed E-state index contributed by atoms with van der Waals surface area (Å²) in [4.78, 5) is 27.8. The highest BCUT2D eigenvalue weighted by Gasteiger charge is 2.38. The molecule has 39 heavy (non-hydrogen) atoms. The highest BCUT2D eigenvalue weighted by Crippen LogP contribution is 2.34. The third-order valence-corrected chi connectivity index (χ3v) is 8.41. The maximum atomic E-state index is 13.3. The van der Waals surface area contributed by atoms with E-state index in [1.54, 1.807) is 50.1 Å². The van der Waals surface area contributed by atoms with Gasteiger partial charge in [0.15, 0.2) is 5.82 Å². The Morgan fingerprint density at radius 1 is 1.08 bits per heavy atom. The Kier molecular flexibility index (Phi) is 8.44. The minimum absolute atomic E-state index is 0.00854. The van der Waals surface area contributed by atoms with E-state index in [9.17, 15) is 18.0 Å². The number of sulfonamides is 1. The zero-order valence-corrected chi connectivity index (χ0v) is 23.8. The number of nitrogens with one attached hydrogen (secondary N) is 2. The Bertz CT molecular complexity index is 1440. The van der Waals surface area contributed by atoms with Gasteiger partial charge in [-0.2, -0.15) is 0 Å². The maximum absolute atomic E-state index is 13.3. The van der Waals surface area contributed by atoms with Crippen LogP contribution < -0.4 is 10.0 Å². The first kappa shape index (κ1) is 28.4. The van der Waals surface area contributed by atoms with Crippen LogP contribution in [0.5, 0.6) is 0 Å². The molecular formula is C29H36N4O5S. The first-order chi connectivity index (χ1) is 18.5. The minimum atomic E-state index is -3.95. The van der Waals surface area contributed by atoms with Crippen LogP contribution in [0.4, 0.5) is 5.82 Å². The summed E-state index contributed by atoms with van der Waals surface area (Å²) in [6.45, 7) is 7.83. The molecule has 208 valence electrons. The highest BCUT2D eigenvalue weighted by atomic mass is 32.2. The number of benzene rings is 2. The van der Waals surface area contributed by atoms with Crippen molar-refractivity contribution >= 4 is 27.7 Å². The summed E-state index contributed by atoms with van der Waals surface area (Å²) in [7, 11) is -2.36. The molecule has 2 aromatic carbocycles. The van der Waals surface area contributed by atoms with Crippen LogP contribution in [0.15, 0.2) is 57.9 Å². The van der Waals surface area contributed by atoms with Crippen molar-refractivity contribution in [3.63, 3.8) is 0 Å². The molecule has 1 fully saturated rings. The maximum Gasteiger partial charge on any atom is 0.263 e. The smallest absolute Gasteiger partial charge is 0.263 e. The van der Waals surface area contributed by atoms with Crippen molar-refractivity contribution in [2.24, 2.45) is 11.8 Å². The average Bonchev–Trinajstić information content (AvgIpc) is 3.73. The Hall–Kier alpha value is -3.66. The van der Waals surface area contributed by atoms with Crippen LogP contribution in [0.2, 0.25) is 0 Å². The number of amides is 2. The summed E-state index contributed by atoms with van der Waals surface area (Å²) in [5, 5.41) is 6.54. The number of carbonyl (C=O) groups is 2. The number of hydrogen-bond acceptors (Lipinski definition) is 6. The number of carbonyl (C=O) groups excluding carboxylic acids is 2. The second kappa shape index (κ2) is 11.6. The number of rotatable bonds is 11. The number of aryl methyl sites for hydroxylation is 1. The molecule has 1 heterocycles. The van der Waals surface area contributed by atoms with Crippen molar-refractivity contribution in [1.82, 2.24) is 15.4 Å². The lowest BCUT2D eigenvalue weighted by Crippen LogP contribution is -2.49. The van der Waals surface area contributed by atoms with Crippen LogP contribution in [-0.4, -0.2) is 43.4 Å². The largest absolute Gasteiger partial charge is 0.359 e. The van der Waals surface area contributed by atoms with Crippen LogP contribution in [0.25, 0.3) is 11.1 Å². The molecular weight excluding hydrogens is 516 g/mol. The molecule has 1 aliphatic rings. The van der Waals surface area contributed by atoms with Gasteiger partial charge in [0.1, 0.15) is 11.8 Å². The third kappa shape index (κ3) is 6.50. The molecule has 0 spiro atoms. The highest BCUT2D eigenvalue weighted by molar-refractivity contribution is 7.92. The van der Waals surface area contributed by atoms with Crippen LogP contribution in [0.1, 0.15) is 50.0 Å². The van der Waals surface area contributed by atoms with E-state index in [1.165, 1.54) is 0 Å². The molecule has 0 unspecified atom stereocenters. The lowest BCUT2D eigenvalue weighted by Gasteiger charge is -2.32. The van der Waals surface area contributed by atoms with Crippen LogP contribution in [-0.2, 0) is 26.2 Å². The van der Waals surface area contributed by atoms with Crippen LogP contribution in [0.3, 0.4) is 0 Å². The van der Waals surface area contributed by atoms with E-state index >= 15 is 0 Å². The minimum Gasteiger partial charge on any atom is -0.359 e. The van der Waals surface area contributed by atoms with Crippen molar-refractivity contribution in [2.75, 3.05) is 11.8 Å². The lowest BCUT2D eigenvalue weighted by atomic mass is 9.99. The molecule has 2 amide bonds. The summed E-state index contributed by atoms with van der Waals surface area (Å²) < 4.78 is 34.2. The fourth-order valence-electron chi connectivity index (χ4n) is 4.52. The molecule has 2 N–H and O–H groups in total. The zero-order valence-electron chi connectivity index (χ0n) is 23.0. The van der Waals surface area contributed by atoms with Gasteiger partial charge < -0.3 is 14.7 Å². The van der Waals surface area contributed by atoms with Crippen molar-refractivity contribution < 1.29 is 22.5 Å². The average molecular weight is 553 g/mol. The second-order valence-corrected chi connectivity index (χ2v) is 12.2. The van der Waals surface area contributed by atoms with Crippen molar-refractivity contribution in [2.45, 2.75) is 64.4 Å². The van der Waals surface area contributed by atoms with E-state index in [-0.39, 0.29) is 34.4 Å².